The van der Waals surface area contributed by atoms with E-state index < -0.39 is 97.5 Å². The van der Waals surface area contributed by atoms with Gasteiger partial charge in [-0.3, -0.25) is 37.3 Å². The zero-order valence-electron chi connectivity index (χ0n) is 65.1. The van der Waals surface area contributed by atoms with Crippen molar-refractivity contribution in [2.75, 3.05) is 39.6 Å². The second kappa shape index (κ2) is 69.1. The summed E-state index contributed by atoms with van der Waals surface area (Å²) in [5.74, 6) is 0.973. The van der Waals surface area contributed by atoms with Gasteiger partial charge in [0.2, 0.25) is 0 Å². The van der Waals surface area contributed by atoms with E-state index in [0.717, 1.165) is 114 Å². The van der Waals surface area contributed by atoms with Crippen molar-refractivity contribution < 1.29 is 80.2 Å². The summed E-state index contributed by atoms with van der Waals surface area (Å²) in [4.78, 5) is 73.0. The molecule has 0 bridgehead atoms. The summed E-state index contributed by atoms with van der Waals surface area (Å²) in [5.41, 5.74) is 0. The number of carbonyl (C=O) groups is 4. The van der Waals surface area contributed by atoms with Crippen LogP contribution < -0.4 is 0 Å². The lowest BCUT2D eigenvalue weighted by Crippen LogP contribution is -2.30. The highest BCUT2D eigenvalue weighted by atomic mass is 31.2. The number of carbonyl (C=O) groups excluding carboxylic acids is 4. The zero-order chi connectivity index (χ0) is 73.1. The lowest BCUT2D eigenvalue weighted by Gasteiger charge is -2.21. The molecule has 0 aliphatic heterocycles. The van der Waals surface area contributed by atoms with Crippen molar-refractivity contribution in [3.05, 3.63) is 0 Å². The second-order valence-corrected chi connectivity index (χ2v) is 33.6. The average Bonchev–Trinajstić information content (AvgIpc) is 0.954. The Balaban J connectivity index is 5.26. The normalized spacial score (nSPS) is 14.1. The van der Waals surface area contributed by atoms with E-state index >= 15 is 0 Å². The Morgan fingerprint density at radius 2 is 0.424 bits per heavy atom. The second-order valence-electron chi connectivity index (χ2n) is 30.7. The lowest BCUT2D eigenvalue weighted by atomic mass is 10.0. The van der Waals surface area contributed by atoms with Gasteiger partial charge in [0.25, 0.3) is 0 Å². The minimum Gasteiger partial charge on any atom is -0.462 e. The fourth-order valence-electron chi connectivity index (χ4n) is 12.3. The molecule has 0 saturated carbocycles. The number of hydrogen-bond donors (Lipinski definition) is 3. The van der Waals surface area contributed by atoms with E-state index in [-0.39, 0.29) is 25.7 Å². The predicted octanol–water partition coefficient (Wildman–Crippen LogP) is 23.6. The van der Waals surface area contributed by atoms with E-state index in [4.69, 9.17) is 37.0 Å². The minimum absolute atomic E-state index is 0.106. The first kappa shape index (κ1) is 97.1. The maximum Gasteiger partial charge on any atom is 0.472 e. The number of esters is 4. The summed E-state index contributed by atoms with van der Waals surface area (Å²) in [6, 6.07) is 0. The molecule has 0 saturated heterocycles. The van der Waals surface area contributed by atoms with Crippen LogP contribution in [0, 0.1) is 23.7 Å². The van der Waals surface area contributed by atoms with Crippen LogP contribution in [0.25, 0.3) is 0 Å². The van der Waals surface area contributed by atoms with E-state index in [1.807, 2.05) is 0 Å². The van der Waals surface area contributed by atoms with Gasteiger partial charge in [0.05, 0.1) is 26.4 Å². The monoisotopic (exact) mass is 1450 g/mol. The molecule has 3 N–H and O–H groups in total. The van der Waals surface area contributed by atoms with Gasteiger partial charge in [0.1, 0.15) is 19.3 Å². The number of ether oxygens (including phenoxy) is 4. The minimum atomic E-state index is -4.96. The molecule has 99 heavy (non-hydrogen) atoms. The summed E-state index contributed by atoms with van der Waals surface area (Å²) in [7, 11) is -9.92. The van der Waals surface area contributed by atoms with E-state index in [9.17, 15) is 43.2 Å². The van der Waals surface area contributed by atoms with Gasteiger partial charge in [-0.25, -0.2) is 9.13 Å². The van der Waals surface area contributed by atoms with Crippen LogP contribution in [-0.2, 0) is 65.4 Å². The molecule has 0 heterocycles. The summed E-state index contributed by atoms with van der Waals surface area (Å²) in [6.07, 6.45) is 55.5. The van der Waals surface area contributed by atoms with Gasteiger partial charge in [-0.2, -0.15) is 0 Å². The zero-order valence-corrected chi connectivity index (χ0v) is 66.9. The number of aliphatic hydroxyl groups excluding tert-OH is 1. The Kier molecular flexibility index (Phi) is 67.8. The Hall–Kier alpha value is -1.94. The third-order valence-corrected chi connectivity index (χ3v) is 20.5. The van der Waals surface area contributed by atoms with E-state index in [2.05, 4.69) is 55.4 Å². The first-order valence-electron chi connectivity index (χ1n) is 41.2. The fraction of sp³-hybridized carbons (Fsp3) is 0.950. The Labute approximate surface area is 607 Å². The molecule has 0 fully saturated rings. The first-order chi connectivity index (χ1) is 47.6. The molecule has 0 aromatic heterocycles. The number of rotatable bonds is 77. The molecule has 0 aliphatic carbocycles. The summed E-state index contributed by atoms with van der Waals surface area (Å²) < 4.78 is 68.7. The van der Waals surface area contributed by atoms with Gasteiger partial charge >= 0.3 is 39.5 Å². The van der Waals surface area contributed by atoms with Crippen LogP contribution in [0.2, 0.25) is 0 Å². The highest BCUT2D eigenvalue weighted by Gasteiger charge is 2.30. The van der Waals surface area contributed by atoms with E-state index in [0.29, 0.717) is 25.7 Å². The molecule has 0 radical (unpaired) electrons. The van der Waals surface area contributed by atoms with Crippen LogP contribution in [0.1, 0.15) is 409 Å². The van der Waals surface area contributed by atoms with Gasteiger partial charge in [0.15, 0.2) is 12.2 Å². The molecule has 0 spiro atoms. The average molecular weight is 1450 g/mol. The van der Waals surface area contributed by atoms with Gasteiger partial charge < -0.3 is 33.8 Å². The SMILES string of the molecule is CC(C)CCCCCCCCCCCCCCCCCC(=O)O[C@H](COC(=O)CCCCCCCCCCCCCCC(C)C)COP(=O)(O)OC[C@@H](O)COP(=O)(O)OC[C@@H](COC(=O)CCCCCCCCCCC(C)C)OC(=O)CCCCCCCCCCCCCCC(C)C. The smallest absolute Gasteiger partial charge is 0.462 e. The first-order valence-corrected chi connectivity index (χ1v) is 44.2. The summed E-state index contributed by atoms with van der Waals surface area (Å²) in [6.45, 7) is 14.3. The molecule has 0 aliphatic rings. The van der Waals surface area contributed by atoms with Gasteiger partial charge in [-0.15, -0.1) is 0 Å². The fourth-order valence-corrected chi connectivity index (χ4v) is 13.8. The number of phosphoric acid groups is 2. The van der Waals surface area contributed by atoms with Crippen molar-refractivity contribution >= 4 is 39.5 Å². The van der Waals surface area contributed by atoms with Gasteiger partial charge in [-0.05, 0) is 49.4 Å². The molecule has 0 rings (SSSR count). The number of unbranched alkanes of at least 4 members (excludes halogenated alkanes) is 43. The Morgan fingerprint density at radius 1 is 0.253 bits per heavy atom. The Bertz CT molecular complexity index is 1940. The van der Waals surface area contributed by atoms with Crippen molar-refractivity contribution in [3.63, 3.8) is 0 Å². The third kappa shape index (κ3) is 74.1. The van der Waals surface area contributed by atoms with Crippen LogP contribution >= 0.6 is 15.6 Å². The molecular formula is C80H156O17P2. The van der Waals surface area contributed by atoms with Crippen molar-refractivity contribution in [2.24, 2.45) is 23.7 Å². The van der Waals surface area contributed by atoms with Crippen LogP contribution in [0.4, 0.5) is 0 Å². The maximum absolute atomic E-state index is 13.1. The summed E-state index contributed by atoms with van der Waals surface area (Å²) >= 11 is 0. The van der Waals surface area contributed by atoms with Gasteiger partial charge in [0, 0.05) is 25.7 Å². The lowest BCUT2D eigenvalue weighted by molar-refractivity contribution is -0.161. The highest BCUT2D eigenvalue weighted by Crippen LogP contribution is 2.45. The van der Waals surface area contributed by atoms with Crippen LogP contribution in [0.5, 0.6) is 0 Å². The maximum atomic E-state index is 13.1. The van der Waals surface area contributed by atoms with Crippen LogP contribution in [-0.4, -0.2) is 96.7 Å². The Morgan fingerprint density at radius 3 is 0.626 bits per heavy atom. The highest BCUT2D eigenvalue weighted by molar-refractivity contribution is 7.47. The summed E-state index contributed by atoms with van der Waals surface area (Å²) in [5, 5.41) is 10.6. The van der Waals surface area contributed by atoms with Crippen molar-refractivity contribution in [1.82, 2.24) is 0 Å². The predicted molar refractivity (Wildman–Crippen MR) is 404 cm³/mol. The molecule has 588 valence electrons. The van der Waals surface area contributed by atoms with Crippen LogP contribution in [0.3, 0.4) is 0 Å². The van der Waals surface area contributed by atoms with Gasteiger partial charge in [-0.1, -0.05) is 357 Å². The number of hydrogen-bond acceptors (Lipinski definition) is 15. The van der Waals surface area contributed by atoms with E-state index in [1.54, 1.807) is 0 Å². The molecular weight excluding hydrogens is 1290 g/mol. The quantitative estimate of drug-likeness (QED) is 0.0222. The molecule has 19 heteroatoms. The third-order valence-electron chi connectivity index (χ3n) is 18.6. The largest absolute Gasteiger partial charge is 0.472 e. The standard InChI is InChI=1S/C80H156O17P2/c1-70(2)56-48-40-32-24-18-12-10-9-11-13-22-28-38-46-54-62-79(84)96-75(66-90-77(82)60-52-44-36-27-21-16-14-19-25-33-41-49-57-71(3)4)68-94-98(86,87)92-64-74(81)65-93-99(88,89)95-69-76(67-91-78(83)61-53-45-37-31-30-35-43-51-59-73(7)8)97-80(85)63-55-47-39-29-23-17-15-20-26-34-42-50-58-72(5)6/h70-76,81H,9-69H2,1-8H3,(H,86,87)(H,88,89)/t74-,75-,76-/m1/s1. The molecule has 5 atom stereocenters. The topological polar surface area (TPSA) is 237 Å². The molecule has 0 aromatic rings. The molecule has 0 amide bonds. The van der Waals surface area contributed by atoms with Crippen molar-refractivity contribution in [1.29, 1.82) is 0 Å². The van der Waals surface area contributed by atoms with E-state index in [1.165, 1.54) is 212 Å². The molecule has 2 unspecified atom stereocenters. The number of aliphatic hydroxyl groups is 1. The van der Waals surface area contributed by atoms with Crippen molar-refractivity contribution in [3.8, 4) is 0 Å². The molecule has 0 aromatic carbocycles. The van der Waals surface area contributed by atoms with Crippen LogP contribution in [0.15, 0.2) is 0 Å². The number of phosphoric ester groups is 2. The molecule has 17 nitrogen and oxygen atoms in total. The van der Waals surface area contributed by atoms with Crippen molar-refractivity contribution in [2.45, 2.75) is 427 Å².